The predicted molar refractivity (Wildman–Crippen MR) is 334 cm³/mol. The molecule has 0 atom stereocenters. The quantitative estimate of drug-likeness (QED) is 0.151. The van der Waals surface area contributed by atoms with E-state index in [-0.39, 0.29) is 48.5 Å². The summed E-state index contributed by atoms with van der Waals surface area (Å²) < 4.78 is 11.2. The molecular weight excluding hydrogens is 1200 g/mol. The third-order valence-corrected chi connectivity index (χ3v) is 15.8. The van der Waals surface area contributed by atoms with E-state index < -0.39 is 0 Å². The van der Waals surface area contributed by atoms with Gasteiger partial charge in [0, 0.05) is 66.0 Å². The minimum atomic E-state index is -0.380. The average molecular weight is 1270 g/mol. The van der Waals surface area contributed by atoms with E-state index in [4.69, 9.17) is 24.6 Å². The molecule has 0 bridgehead atoms. The van der Waals surface area contributed by atoms with E-state index in [2.05, 4.69) is 197 Å². The monoisotopic (exact) mass is 1270 g/mol. The summed E-state index contributed by atoms with van der Waals surface area (Å²) in [5, 5.41) is 34.7. The van der Waals surface area contributed by atoms with Crippen LogP contribution in [0, 0.1) is 17.4 Å². The summed E-state index contributed by atoms with van der Waals surface area (Å²) in [5.41, 5.74) is 15.4. The fourth-order valence-corrected chi connectivity index (χ4v) is 11.1. The van der Waals surface area contributed by atoms with Crippen LogP contribution in [-0.2, 0) is 42.7 Å². The molecule has 8 aromatic carbocycles. The molecule has 0 aliphatic heterocycles. The van der Waals surface area contributed by atoms with Crippen molar-refractivity contribution in [1.29, 1.82) is 5.26 Å². The molecule has 12 aromatic rings. The van der Waals surface area contributed by atoms with E-state index in [1.165, 1.54) is 5.56 Å². The molecule has 4 aromatic heterocycles. The summed E-state index contributed by atoms with van der Waals surface area (Å²) in [5.74, 6) is 2.13. The number of phenolic OH excluding ortho intramolecular Hbond substituents is 1. The Morgan fingerprint density at radius 3 is 1.67 bits per heavy atom. The number of aromatic hydroxyl groups is 1. The van der Waals surface area contributed by atoms with Crippen LogP contribution in [-0.4, -0.2) is 34.4 Å². The zero-order chi connectivity index (χ0) is 57.6. The van der Waals surface area contributed by atoms with E-state index in [9.17, 15) is 10.4 Å². The number of hydrogen-bond donors (Lipinski definition) is 1. The van der Waals surface area contributed by atoms with Crippen molar-refractivity contribution in [2.45, 2.75) is 105 Å². The van der Waals surface area contributed by atoms with Crippen molar-refractivity contribution in [3.8, 4) is 90.9 Å². The summed E-state index contributed by atoms with van der Waals surface area (Å²) in [6, 6.07) is 64.4. The second-order valence-corrected chi connectivity index (χ2v) is 25.7. The van der Waals surface area contributed by atoms with Gasteiger partial charge in [0.2, 0.25) is 0 Å². The summed E-state index contributed by atoms with van der Waals surface area (Å²) in [4.78, 5) is 10.8. The van der Waals surface area contributed by atoms with E-state index in [0.29, 0.717) is 45.5 Å². The van der Waals surface area contributed by atoms with E-state index >= 15 is 0 Å². The molecule has 0 spiro atoms. The number of phenols is 1. The molecule has 9 nitrogen and oxygen atoms in total. The third kappa shape index (κ3) is 10.2. The molecule has 0 radical (unpaired) electrons. The Balaban J connectivity index is 0.00000721. The van der Waals surface area contributed by atoms with Crippen LogP contribution in [0.25, 0.3) is 112 Å². The standard InChI is InChI=1S/C73H66N7O2.Pt/c1-70(2,3)50-31-32-60(56(39-50)44-23-16-13-17-24-44)80-61-30-22-29-54(63(61)76-69(80)58-40-52(72(7,8)9)41-59(64(58)81)73(10,11)12)47-35-48(37-51(36-47)71(4,5)6)62-66-55(33-34-75-62)57-42-53(38-49(43-74)65(57)82-66)79-67(45-25-18-14-19-26-45)77-78-68(79)46-27-20-15-21-28-46;/h13-34,36-42,81H,1-12H3;/q-1;. The first-order chi connectivity index (χ1) is 39.1. The SMILES string of the molecule is CC(C)(C)c1cc(-c2cccc3c2nc(-c2cc(C(C)(C)C)cc(C(C)(C)C)c2O)n3-c2ccc(C(C)(C)C)cc2-c2ccccc2)[c-]c(-c2nccc3c2oc2c(C#N)cc(-n4c(-c5ccccc5)nnc4-c4ccccc4)cc23)c1.[Pt]. The maximum atomic E-state index is 12.7. The third-order valence-electron chi connectivity index (χ3n) is 15.8. The number of aromatic nitrogens is 6. The van der Waals surface area contributed by atoms with Crippen LogP contribution >= 0.6 is 0 Å². The van der Waals surface area contributed by atoms with Crippen molar-refractivity contribution in [2.24, 2.45) is 0 Å². The first-order valence-electron chi connectivity index (χ1n) is 28.1. The van der Waals surface area contributed by atoms with E-state index in [0.717, 1.165) is 88.8 Å². The Kier molecular flexibility index (Phi) is 14.2. The van der Waals surface area contributed by atoms with E-state index in [1.807, 2.05) is 77.4 Å². The first-order valence-corrected chi connectivity index (χ1v) is 28.1. The number of imidazole rings is 1. The van der Waals surface area contributed by atoms with Gasteiger partial charge in [0.05, 0.1) is 33.5 Å². The predicted octanol–water partition coefficient (Wildman–Crippen LogP) is 18.5. The molecular formula is C73H66N7O2Pt-. The zero-order valence-corrected chi connectivity index (χ0v) is 51.3. The molecule has 416 valence electrons. The molecule has 10 heteroatoms. The fourth-order valence-electron chi connectivity index (χ4n) is 11.1. The average Bonchev–Trinajstić information content (AvgIpc) is 3.37. The molecule has 0 fully saturated rings. The number of para-hydroxylation sites is 1. The number of hydrogen-bond acceptors (Lipinski definition) is 7. The largest absolute Gasteiger partial charge is 0.507 e. The Bertz CT molecular complexity index is 4440. The molecule has 4 heterocycles. The van der Waals surface area contributed by atoms with Gasteiger partial charge in [0.15, 0.2) is 17.2 Å². The van der Waals surface area contributed by atoms with Crippen LogP contribution < -0.4 is 0 Å². The molecule has 0 aliphatic carbocycles. The van der Waals surface area contributed by atoms with Crippen molar-refractivity contribution < 1.29 is 30.6 Å². The van der Waals surface area contributed by atoms with Crippen LogP contribution in [0.3, 0.4) is 0 Å². The summed E-state index contributed by atoms with van der Waals surface area (Å²) >= 11 is 0. The Labute approximate surface area is 500 Å². The Hall–Kier alpha value is -8.70. The van der Waals surface area contributed by atoms with Gasteiger partial charge in [-0.15, -0.1) is 39.5 Å². The molecule has 0 unspecified atom stereocenters. The van der Waals surface area contributed by atoms with E-state index in [1.54, 1.807) is 6.20 Å². The van der Waals surface area contributed by atoms with Gasteiger partial charge in [-0.05, 0) is 80.8 Å². The zero-order valence-electron chi connectivity index (χ0n) is 49.0. The van der Waals surface area contributed by atoms with Gasteiger partial charge in [0.25, 0.3) is 0 Å². The number of furan rings is 1. The number of nitrogens with zero attached hydrogens (tertiary/aromatic N) is 7. The van der Waals surface area contributed by atoms with Crippen molar-refractivity contribution >= 4 is 33.0 Å². The van der Waals surface area contributed by atoms with Crippen molar-refractivity contribution in [2.75, 3.05) is 0 Å². The van der Waals surface area contributed by atoms with Gasteiger partial charge >= 0.3 is 0 Å². The van der Waals surface area contributed by atoms with Gasteiger partial charge in [-0.1, -0.05) is 209 Å². The van der Waals surface area contributed by atoms with Gasteiger partial charge < -0.3 is 9.52 Å². The van der Waals surface area contributed by atoms with Gasteiger partial charge in [-0.2, -0.15) is 5.26 Å². The normalized spacial score (nSPS) is 12.3. The van der Waals surface area contributed by atoms with Crippen LogP contribution in [0.2, 0.25) is 0 Å². The number of fused-ring (bicyclic) bond motifs is 4. The number of benzene rings is 8. The smallest absolute Gasteiger partial charge is 0.168 e. The van der Waals surface area contributed by atoms with Crippen LogP contribution in [0.4, 0.5) is 0 Å². The number of rotatable bonds is 8. The van der Waals surface area contributed by atoms with Crippen molar-refractivity contribution in [1.82, 2.24) is 29.3 Å². The summed E-state index contributed by atoms with van der Waals surface area (Å²) in [6.45, 7) is 26.5. The second-order valence-electron chi connectivity index (χ2n) is 25.7. The molecule has 0 amide bonds. The van der Waals surface area contributed by atoms with Crippen molar-refractivity contribution in [3.63, 3.8) is 0 Å². The summed E-state index contributed by atoms with van der Waals surface area (Å²) in [7, 11) is 0. The molecule has 0 saturated carbocycles. The topological polar surface area (TPSA) is 119 Å². The molecule has 0 aliphatic rings. The fraction of sp³-hybridized carbons (Fsp3) is 0.219. The Morgan fingerprint density at radius 1 is 0.506 bits per heavy atom. The first kappa shape index (κ1) is 56.2. The van der Waals surface area contributed by atoms with Crippen LogP contribution in [0.5, 0.6) is 5.75 Å². The maximum Gasteiger partial charge on any atom is 0.168 e. The number of pyridine rings is 1. The molecule has 12 rings (SSSR count). The maximum absolute atomic E-state index is 12.7. The van der Waals surface area contributed by atoms with Gasteiger partial charge in [0.1, 0.15) is 23.2 Å². The molecule has 83 heavy (non-hydrogen) atoms. The Morgan fingerprint density at radius 2 is 1.08 bits per heavy atom. The van der Waals surface area contributed by atoms with Crippen LogP contribution in [0.15, 0.2) is 180 Å². The molecule has 0 saturated heterocycles. The molecule has 1 N–H and O–H groups in total. The minimum absolute atomic E-state index is 0. The van der Waals surface area contributed by atoms with Gasteiger partial charge in [-0.25, -0.2) is 4.98 Å². The second kappa shape index (κ2) is 20.9. The van der Waals surface area contributed by atoms with Crippen molar-refractivity contribution in [3.05, 3.63) is 210 Å². The summed E-state index contributed by atoms with van der Waals surface area (Å²) in [6.07, 6.45) is 1.81. The minimum Gasteiger partial charge on any atom is -0.507 e. The van der Waals surface area contributed by atoms with Gasteiger partial charge in [-0.3, -0.25) is 14.1 Å². The number of nitriles is 1. The van der Waals surface area contributed by atoms with Crippen LogP contribution in [0.1, 0.15) is 111 Å².